The molecule has 1 fully saturated rings. The number of amides is 2. The summed E-state index contributed by atoms with van der Waals surface area (Å²) in [5.41, 5.74) is 3.05. The van der Waals surface area contributed by atoms with Crippen molar-refractivity contribution in [3.05, 3.63) is 53.6 Å². The molecular formula is C21H27N3O3S. The first-order valence-corrected chi connectivity index (χ1v) is 11.2. The van der Waals surface area contributed by atoms with Crippen LogP contribution in [-0.2, 0) is 16.4 Å². The molecule has 3 rings (SSSR count). The molecule has 2 aromatic rings. The molecule has 0 spiro atoms. The maximum absolute atomic E-state index is 12.8. The van der Waals surface area contributed by atoms with Gasteiger partial charge in [-0.1, -0.05) is 25.1 Å². The van der Waals surface area contributed by atoms with Crippen molar-refractivity contribution in [1.29, 1.82) is 0 Å². The molecule has 0 aliphatic carbocycles. The Bertz CT molecular complexity index is 934. The van der Waals surface area contributed by atoms with Gasteiger partial charge in [-0.15, -0.1) is 0 Å². The van der Waals surface area contributed by atoms with Gasteiger partial charge in [0, 0.05) is 18.8 Å². The van der Waals surface area contributed by atoms with Gasteiger partial charge < -0.3 is 10.2 Å². The topological polar surface area (TPSA) is 78.5 Å². The van der Waals surface area contributed by atoms with Crippen LogP contribution in [0.25, 0.3) is 0 Å². The van der Waals surface area contributed by atoms with E-state index in [-0.39, 0.29) is 10.9 Å². The summed E-state index contributed by atoms with van der Waals surface area (Å²) in [6.07, 6.45) is 3.94. The number of para-hydroxylation sites is 1. The summed E-state index contributed by atoms with van der Waals surface area (Å²) in [6, 6.07) is 11.9. The molecule has 1 aliphatic heterocycles. The number of rotatable bonds is 5. The van der Waals surface area contributed by atoms with Crippen molar-refractivity contribution in [2.45, 2.75) is 44.4 Å². The van der Waals surface area contributed by atoms with Gasteiger partial charge in [-0.2, -0.15) is 0 Å². The number of piperidine rings is 1. The minimum atomic E-state index is -3.71. The minimum Gasteiger partial charge on any atom is -0.325 e. The van der Waals surface area contributed by atoms with Crippen LogP contribution in [0, 0.1) is 6.92 Å². The summed E-state index contributed by atoms with van der Waals surface area (Å²) in [4.78, 5) is 14.2. The molecule has 0 saturated carbocycles. The van der Waals surface area contributed by atoms with Crippen molar-refractivity contribution >= 4 is 27.4 Å². The number of hydrogen-bond donors (Lipinski definition) is 2. The van der Waals surface area contributed by atoms with Crippen LogP contribution in [0.2, 0.25) is 0 Å². The van der Waals surface area contributed by atoms with E-state index in [1.165, 1.54) is 12.1 Å². The molecule has 1 saturated heterocycles. The number of benzene rings is 2. The lowest BCUT2D eigenvalue weighted by molar-refractivity contribution is 0.200. The Morgan fingerprint density at radius 2 is 1.71 bits per heavy atom. The van der Waals surface area contributed by atoms with Crippen LogP contribution < -0.4 is 10.0 Å². The van der Waals surface area contributed by atoms with Crippen LogP contribution in [0.3, 0.4) is 0 Å². The molecule has 1 aliphatic rings. The molecule has 0 bridgehead atoms. The fraction of sp³-hybridized carbons (Fsp3) is 0.381. The Labute approximate surface area is 167 Å². The van der Waals surface area contributed by atoms with Crippen molar-refractivity contribution in [2.75, 3.05) is 23.1 Å². The van der Waals surface area contributed by atoms with Gasteiger partial charge in [-0.05, 0) is 68.0 Å². The molecule has 2 aromatic carbocycles. The third-order valence-corrected chi connectivity index (χ3v) is 6.40. The Balaban J connectivity index is 1.72. The molecule has 2 amide bonds. The number of hydrogen-bond acceptors (Lipinski definition) is 3. The standard InChI is InChI=1S/C21H27N3O3S/c1-3-17-9-7-8-16(2)20(17)23-28(26,27)19-12-10-18(11-13-19)22-21(25)24-14-5-4-6-15-24/h7-13,23H,3-6,14-15H2,1-2H3,(H,22,25). The van der Waals surface area contributed by atoms with Gasteiger partial charge in [0.05, 0.1) is 10.6 Å². The summed E-state index contributed by atoms with van der Waals surface area (Å²) < 4.78 is 28.3. The van der Waals surface area contributed by atoms with E-state index in [1.807, 2.05) is 32.0 Å². The molecule has 7 heteroatoms. The van der Waals surface area contributed by atoms with E-state index in [2.05, 4.69) is 10.0 Å². The SMILES string of the molecule is CCc1cccc(C)c1NS(=O)(=O)c1ccc(NC(=O)N2CCCCC2)cc1. The number of carbonyl (C=O) groups excluding carboxylic acids is 1. The van der Waals surface area contributed by atoms with Gasteiger partial charge in [0.1, 0.15) is 0 Å². The van der Waals surface area contributed by atoms with E-state index in [1.54, 1.807) is 17.0 Å². The summed E-state index contributed by atoms with van der Waals surface area (Å²) >= 11 is 0. The predicted octanol–water partition coefficient (Wildman–Crippen LogP) is 4.38. The molecule has 0 unspecified atom stereocenters. The molecule has 0 aromatic heterocycles. The van der Waals surface area contributed by atoms with Crippen LogP contribution in [-0.4, -0.2) is 32.4 Å². The second-order valence-corrected chi connectivity index (χ2v) is 8.75. The molecule has 1 heterocycles. The fourth-order valence-corrected chi connectivity index (χ4v) is 4.55. The van der Waals surface area contributed by atoms with Crippen molar-refractivity contribution < 1.29 is 13.2 Å². The highest BCUT2D eigenvalue weighted by atomic mass is 32.2. The molecule has 0 radical (unpaired) electrons. The van der Waals surface area contributed by atoms with E-state index >= 15 is 0 Å². The van der Waals surface area contributed by atoms with Crippen LogP contribution in [0.5, 0.6) is 0 Å². The number of nitrogens with zero attached hydrogens (tertiary/aromatic N) is 1. The third-order valence-electron chi connectivity index (χ3n) is 5.04. The first-order chi connectivity index (χ1) is 13.4. The van der Waals surface area contributed by atoms with Crippen LogP contribution in [0.4, 0.5) is 16.2 Å². The zero-order valence-electron chi connectivity index (χ0n) is 16.4. The van der Waals surface area contributed by atoms with E-state index in [4.69, 9.17) is 0 Å². The quantitative estimate of drug-likeness (QED) is 0.781. The highest BCUT2D eigenvalue weighted by molar-refractivity contribution is 7.92. The lowest BCUT2D eigenvalue weighted by Crippen LogP contribution is -2.38. The second kappa shape index (κ2) is 8.65. The fourth-order valence-electron chi connectivity index (χ4n) is 3.38. The average molecular weight is 402 g/mol. The molecule has 0 atom stereocenters. The van der Waals surface area contributed by atoms with Crippen LogP contribution >= 0.6 is 0 Å². The second-order valence-electron chi connectivity index (χ2n) is 7.07. The summed E-state index contributed by atoms with van der Waals surface area (Å²) in [5.74, 6) is 0. The summed E-state index contributed by atoms with van der Waals surface area (Å²) in [7, 11) is -3.71. The van der Waals surface area contributed by atoms with Gasteiger partial charge in [-0.25, -0.2) is 13.2 Å². The average Bonchev–Trinajstić information content (AvgIpc) is 2.70. The monoisotopic (exact) mass is 401 g/mol. The van der Waals surface area contributed by atoms with Gasteiger partial charge in [0.2, 0.25) is 0 Å². The first-order valence-electron chi connectivity index (χ1n) is 9.68. The molecule has 2 N–H and O–H groups in total. The molecular weight excluding hydrogens is 374 g/mol. The van der Waals surface area contributed by atoms with Gasteiger partial charge >= 0.3 is 6.03 Å². The van der Waals surface area contributed by atoms with Crippen molar-refractivity contribution in [3.8, 4) is 0 Å². The van der Waals surface area contributed by atoms with Crippen molar-refractivity contribution in [2.24, 2.45) is 0 Å². The number of anilines is 2. The number of aryl methyl sites for hydroxylation is 2. The number of carbonyl (C=O) groups is 1. The normalized spacial score (nSPS) is 14.6. The molecule has 28 heavy (non-hydrogen) atoms. The maximum Gasteiger partial charge on any atom is 0.321 e. The highest BCUT2D eigenvalue weighted by Gasteiger charge is 2.19. The number of sulfonamides is 1. The van der Waals surface area contributed by atoms with Crippen molar-refractivity contribution in [3.63, 3.8) is 0 Å². The van der Waals surface area contributed by atoms with Crippen molar-refractivity contribution in [1.82, 2.24) is 4.90 Å². The zero-order valence-corrected chi connectivity index (χ0v) is 17.2. The Kier molecular flexibility index (Phi) is 6.24. The first kappa shape index (κ1) is 20.2. The van der Waals surface area contributed by atoms with E-state index in [0.717, 1.165) is 49.9 Å². The number of likely N-dealkylation sites (tertiary alicyclic amines) is 1. The lowest BCUT2D eigenvalue weighted by atomic mass is 10.1. The molecule has 150 valence electrons. The van der Waals surface area contributed by atoms with Gasteiger partial charge in [0.15, 0.2) is 0 Å². The maximum atomic E-state index is 12.8. The molecule has 6 nitrogen and oxygen atoms in total. The van der Waals surface area contributed by atoms with E-state index in [0.29, 0.717) is 11.4 Å². The zero-order chi connectivity index (χ0) is 20.1. The predicted molar refractivity (Wildman–Crippen MR) is 112 cm³/mol. The van der Waals surface area contributed by atoms with E-state index in [9.17, 15) is 13.2 Å². The minimum absolute atomic E-state index is 0.138. The Morgan fingerprint density at radius 3 is 2.36 bits per heavy atom. The summed E-state index contributed by atoms with van der Waals surface area (Å²) in [6.45, 7) is 5.40. The smallest absolute Gasteiger partial charge is 0.321 e. The van der Waals surface area contributed by atoms with Crippen LogP contribution in [0.1, 0.15) is 37.3 Å². The number of urea groups is 1. The Morgan fingerprint density at radius 1 is 1.04 bits per heavy atom. The van der Waals surface area contributed by atoms with E-state index < -0.39 is 10.0 Å². The Hall–Kier alpha value is -2.54. The lowest BCUT2D eigenvalue weighted by Gasteiger charge is -2.26. The van der Waals surface area contributed by atoms with Crippen LogP contribution in [0.15, 0.2) is 47.4 Å². The summed E-state index contributed by atoms with van der Waals surface area (Å²) in [5, 5.41) is 2.84. The largest absolute Gasteiger partial charge is 0.325 e. The van der Waals surface area contributed by atoms with Gasteiger partial charge in [0.25, 0.3) is 10.0 Å². The third kappa shape index (κ3) is 4.65. The van der Waals surface area contributed by atoms with Gasteiger partial charge in [-0.3, -0.25) is 4.72 Å². The highest BCUT2D eigenvalue weighted by Crippen LogP contribution is 2.25. The number of nitrogens with one attached hydrogen (secondary N) is 2.